The third kappa shape index (κ3) is 5.76. The highest BCUT2D eigenvalue weighted by molar-refractivity contribution is 7.90. The number of oxazole rings is 1. The maximum atomic E-state index is 14.2. The first-order valence-corrected chi connectivity index (χ1v) is 14.5. The average molecular weight is 569 g/mol. The summed E-state index contributed by atoms with van der Waals surface area (Å²) in [6.07, 6.45) is 2.58. The highest BCUT2D eigenvalue weighted by atomic mass is 35.5. The number of alkyl halides is 2. The zero-order valence-corrected chi connectivity index (χ0v) is 21.6. The van der Waals surface area contributed by atoms with E-state index in [1.54, 1.807) is 41.3 Å². The van der Waals surface area contributed by atoms with Gasteiger partial charge in [0.1, 0.15) is 0 Å². The molecule has 13 heteroatoms. The second-order valence-corrected chi connectivity index (χ2v) is 12.2. The maximum Gasteiger partial charge on any atom is 0.399 e. The van der Waals surface area contributed by atoms with Gasteiger partial charge in [-0.05, 0) is 48.0 Å². The topological polar surface area (TPSA) is 121 Å². The van der Waals surface area contributed by atoms with Crippen molar-refractivity contribution < 1.29 is 36.0 Å². The molecule has 3 aromatic carbocycles. The van der Waals surface area contributed by atoms with E-state index < -0.39 is 33.7 Å². The van der Waals surface area contributed by atoms with Gasteiger partial charge in [0.05, 0.1) is 28.2 Å². The quantitative estimate of drug-likeness (QED) is 0.250. The summed E-state index contributed by atoms with van der Waals surface area (Å²) in [5, 5.41) is -0.502. The molecule has 0 unspecified atom stereocenters. The molecule has 1 heterocycles. The zero-order valence-electron chi connectivity index (χ0n) is 19.1. The minimum Gasteiger partial charge on any atom is -0.423 e. The van der Waals surface area contributed by atoms with Crippen molar-refractivity contribution in [3.63, 3.8) is 0 Å². The highest BCUT2D eigenvalue weighted by Crippen LogP contribution is 2.60. The van der Waals surface area contributed by atoms with Gasteiger partial charge in [-0.3, -0.25) is 9.46 Å². The first kappa shape index (κ1) is 27.0. The van der Waals surface area contributed by atoms with Gasteiger partial charge in [-0.1, -0.05) is 41.9 Å². The SMILES string of the molecule is CS(=O)(=O)c1ccc(-c2cnc(N(Cc3ccc(C(F)(F)P(=O)(O)O)c(Cl)c3)c3ccccc3)o2)cc1. The molecule has 2 N–H and O–H groups in total. The number of rotatable bonds is 8. The minimum atomic E-state index is -5.78. The van der Waals surface area contributed by atoms with E-state index in [2.05, 4.69) is 4.98 Å². The molecule has 0 aliphatic carbocycles. The third-order valence-corrected chi connectivity index (χ3v) is 7.84. The molecule has 4 rings (SSSR count). The van der Waals surface area contributed by atoms with Gasteiger partial charge in [0.25, 0.3) is 0 Å². The largest absolute Gasteiger partial charge is 0.423 e. The van der Waals surface area contributed by atoms with E-state index in [9.17, 15) is 21.8 Å². The Morgan fingerprint density at radius 3 is 2.27 bits per heavy atom. The van der Waals surface area contributed by atoms with Crippen LogP contribution in [0.2, 0.25) is 5.02 Å². The molecule has 0 amide bonds. The van der Waals surface area contributed by atoms with E-state index >= 15 is 0 Å². The van der Waals surface area contributed by atoms with Gasteiger partial charge in [0.2, 0.25) is 0 Å². The lowest BCUT2D eigenvalue weighted by Crippen LogP contribution is -2.18. The van der Waals surface area contributed by atoms with Crippen LogP contribution in [0.15, 0.2) is 88.3 Å². The number of aromatic nitrogens is 1. The average Bonchev–Trinajstić information content (AvgIpc) is 3.32. The van der Waals surface area contributed by atoms with Gasteiger partial charge >= 0.3 is 19.3 Å². The van der Waals surface area contributed by atoms with Crippen LogP contribution in [-0.4, -0.2) is 29.4 Å². The lowest BCUT2D eigenvalue weighted by atomic mass is 10.1. The molecule has 0 radical (unpaired) electrons. The summed E-state index contributed by atoms with van der Waals surface area (Å²) < 4.78 is 69.0. The minimum absolute atomic E-state index is 0.0679. The van der Waals surface area contributed by atoms with Gasteiger partial charge in [-0.15, -0.1) is 0 Å². The molecule has 0 aliphatic rings. The fourth-order valence-corrected chi connectivity index (χ4v) is 5.03. The number of hydrogen-bond donors (Lipinski definition) is 2. The van der Waals surface area contributed by atoms with E-state index in [0.29, 0.717) is 22.6 Å². The molecule has 0 spiro atoms. The summed E-state index contributed by atoms with van der Waals surface area (Å²) >= 11 is 6.00. The van der Waals surface area contributed by atoms with Crippen molar-refractivity contribution in [1.82, 2.24) is 4.98 Å². The van der Waals surface area contributed by atoms with Crippen LogP contribution >= 0.6 is 19.2 Å². The second kappa shape index (κ2) is 10.00. The van der Waals surface area contributed by atoms with E-state index in [1.807, 2.05) is 6.07 Å². The summed E-state index contributed by atoms with van der Waals surface area (Å²) in [6, 6.07) is 18.6. The Kier molecular flexibility index (Phi) is 7.29. The Balaban J connectivity index is 1.68. The van der Waals surface area contributed by atoms with Crippen LogP contribution in [0.1, 0.15) is 11.1 Å². The molecule has 37 heavy (non-hydrogen) atoms. The van der Waals surface area contributed by atoms with Gasteiger partial charge in [-0.2, -0.15) is 8.78 Å². The van der Waals surface area contributed by atoms with Crippen molar-refractivity contribution in [2.45, 2.75) is 17.1 Å². The first-order valence-electron chi connectivity index (χ1n) is 10.6. The van der Waals surface area contributed by atoms with Gasteiger partial charge in [-0.25, -0.2) is 13.4 Å². The first-order chi connectivity index (χ1) is 17.3. The predicted molar refractivity (Wildman–Crippen MR) is 135 cm³/mol. The Labute approximate surface area is 216 Å². The molecule has 194 valence electrons. The van der Waals surface area contributed by atoms with Crippen LogP contribution in [0.4, 0.5) is 20.5 Å². The molecule has 4 aromatic rings. The van der Waals surface area contributed by atoms with E-state index in [4.69, 9.17) is 25.8 Å². The van der Waals surface area contributed by atoms with Crippen LogP contribution in [0, 0.1) is 0 Å². The molecular formula is C24H20ClF2N2O6PS. The number of hydrogen-bond acceptors (Lipinski definition) is 6. The Bertz CT molecular complexity index is 1570. The summed E-state index contributed by atoms with van der Waals surface area (Å²) in [5.74, 6) is 0.366. The third-order valence-electron chi connectivity index (χ3n) is 5.42. The molecule has 0 bridgehead atoms. The summed E-state index contributed by atoms with van der Waals surface area (Å²) in [6.45, 7) is 0.0679. The standard InChI is InChI=1S/C24H20ClF2N2O6PS/c1-37(33,34)19-10-8-17(9-11-19)22-14-28-23(35-22)29(18-5-3-2-4-6-18)15-16-7-12-20(21(25)13-16)24(26,27)36(30,31)32/h2-14H,15H2,1H3,(H2,30,31,32). The summed E-state index contributed by atoms with van der Waals surface area (Å²) in [7, 11) is -9.14. The Morgan fingerprint density at radius 2 is 1.70 bits per heavy atom. The number of benzene rings is 3. The highest BCUT2D eigenvalue weighted by Gasteiger charge is 2.51. The Morgan fingerprint density at radius 1 is 1.05 bits per heavy atom. The molecule has 0 fully saturated rings. The molecule has 0 saturated heterocycles. The van der Waals surface area contributed by atoms with Crippen molar-refractivity contribution in [2.75, 3.05) is 11.2 Å². The summed E-state index contributed by atoms with van der Waals surface area (Å²) in [4.78, 5) is 24.2. The van der Waals surface area contributed by atoms with Gasteiger partial charge < -0.3 is 14.2 Å². The summed E-state index contributed by atoms with van der Waals surface area (Å²) in [5.41, 5.74) is -3.73. The van der Waals surface area contributed by atoms with E-state index in [-0.39, 0.29) is 17.5 Å². The Hall–Kier alpha value is -3.08. The van der Waals surface area contributed by atoms with Crippen LogP contribution in [0.25, 0.3) is 11.3 Å². The van der Waals surface area contributed by atoms with Crippen molar-refractivity contribution in [1.29, 1.82) is 0 Å². The van der Waals surface area contributed by atoms with Crippen LogP contribution in [-0.2, 0) is 26.6 Å². The molecule has 0 aliphatic heterocycles. The number of para-hydroxylation sites is 1. The van der Waals surface area contributed by atoms with Crippen molar-refractivity contribution in [3.05, 3.63) is 95.1 Å². The van der Waals surface area contributed by atoms with Crippen LogP contribution in [0.3, 0.4) is 0 Å². The van der Waals surface area contributed by atoms with Gasteiger partial charge in [0, 0.05) is 17.5 Å². The fraction of sp³-hybridized carbons (Fsp3) is 0.125. The van der Waals surface area contributed by atoms with E-state index in [1.165, 1.54) is 30.5 Å². The lowest BCUT2D eigenvalue weighted by molar-refractivity contribution is 0.0565. The molecule has 0 saturated carbocycles. The van der Waals surface area contributed by atoms with E-state index in [0.717, 1.165) is 12.3 Å². The van der Waals surface area contributed by atoms with Crippen molar-refractivity contribution >= 4 is 40.7 Å². The number of anilines is 2. The smallest absolute Gasteiger partial charge is 0.399 e. The molecule has 0 atom stereocenters. The number of halogens is 3. The fourth-order valence-electron chi connectivity index (χ4n) is 3.51. The lowest BCUT2D eigenvalue weighted by Gasteiger charge is -2.23. The molecule has 8 nitrogen and oxygen atoms in total. The second-order valence-electron chi connectivity index (χ2n) is 8.12. The van der Waals surface area contributed by atoms with Crippen LogP contribution in [0.5, 0.6) is 0 Å². The zero-order chi connectivity index (χ0) is 27.0. The molecular weight excluding hydrogens is 549 g/mol. The molecule has 1 aromatic heterocycles. The normalized spacial score (nSPS) is 12.5. The van der Waals surface area contributed by atoms with Crippen molar-refractivity contribution in [2.24, 2.45) is 0 Å². The maximum absolute atomic E-state index is 14.2. The number of nitrogens with zero attached hydrogens (tertiary/aromatic N) is 2. The van der Waals surface area contributed by atoms with Gasteiger partial charge in [0.15, 0.2) is 15.6 Å². The monoisotopic (exact) mass is 568 g/mol. The van der Waals surface area contributed by atoms with Crippen molar-refractivity contribution in [3.8, 4) is 11.3 Å². The number of sulfone groups is 1. The predicted octanol–water partition coefficient (Wildman–Crippen LogP) is 5.96. The van der Waals surface area contributed by atoms with Crippen LogP contribution < -0.4 is 4.90 Å².